The van der Waals surface area contributed by atoms with Crippen molar-refractivity contribution in [2.75, 3.05) is 0 Å². The highest BCUT2D eigenvalue weighted by molar-refractivity contribution is 9.10. The van der Waals surface area contributed by atoms with Crippen LogP contribution in [0.25, 0.3) is 60.5 Å². The van der Waals surface area contributed by atoms with Crippen LogP contribution in [-0.4, -0.2) is 4.57 Å². The highest BCUT2D eigenvalue weighted by Crippen LogP contribution is 2.51. The summed E-state index contributed by atoms with van der Waals surface area (Å²) in [5.41, 5.74) is 11.7. The van der Waals surface area contributed by atoms with E-state index in [0.29, 0.717) is 0 Å². The van der Waals surface area contributed by atoms with Crippen molar-refractivity contribution in [2.45, 2.75) is 19.3 Å². The lowest BCUT2D eigenvalue weighted by atomic mass is 9.81. The van der Waals surface area contributed by atoms with E-state index in [4.69, 9.17) is 0 Å². The molecule has 0 spiro atoms. The summed E-state index contributed by atoms with van der Waals surface area (Å²) in [4.78, 5) is 0. The molecular weight excluding hydrogens is 514 g/mol. The van der Waals surface area contributed by atoms with E-state index in [9.17, 15) is 0 Å². The van der Waals surface area contributed by atoms with Crippen LogP contribution >= 0.6 is 15.9 Å². The molecule has 0 amide bonds. The van der Waals surface area contributed by atoms with Crippen molar-refractivity contribution in [3.8, 4) is 27.9 Å². The quantitative estimate of drug-likeness (QED) is 0.193. The van der Waals surface area contributed by atoms with Crippen LogP contribution in [0.4, 0.5) is 0 Å². The van der Waals surface area contributed by atoms with E-state index in [1.165, 1.54) is 71.6 Å². The van der Waals surface area contributed by atoms with Gasteiger partial charge >= 0.3 is 0 Å². The zero-order valence-electron chi connectivity index (χ0n) is 20.7. The lowest BCUT2D eigenvalue weighted by molar-refractivity contribution is 0.660. The van der Waals surface area contributed by atoms with E-state index in [2.05, 4.69) is 144 Å². The molecule has 0 unspecified atom stereocenters. The minimum atomic E-state index is -0.0435. The number of halogens is 1. The second-order valence-electron chi connectivity index (χ2n) is 10.7. The summed E-state index contributed by atoms with van der Waals surface area (Å²) >= 11 is 3.69. The zero-order valence-corrected chi connectivity index (χ0v) is 22.3. The number of fused-ring (bicyclic) bond motifs is 3. The molecular formula is C35H24BrN. The molecule has 1 aliphatic carbocycles. The maximum atomic E-state index is 3.69. The molecule has 0 fully saturated rings. The van der Waals surface area contributed by atoms with Gasteiger partial charge in [-0.3, -0.25) is 0 Å². The molecule has 6 aromatic carbocycles. The summed E-state index contributed by atoms with van der Waals surface area (Å²) in [6.07, 6.45) is 0. The summed E-state index contributed by atoms with van der Waals surface area (Å²) < 4.78 is 3.55. The van der Waals surface area contributed by atoms with Crippen LogP contribution in [0.5, 0.6) is 0 Å². The van der Waals surface area contributed by atoms with Crippen molar-refractivity contribution in [3.05, 3.63) is 125 Å². The van der Waals surface area contributed by atoms with Gasteiger partial charge in [0.25, 0.3) is 0 Å². The molecule has 8 rings (SSSR count). The fraction of sp³-hybridized carbons (Fsp3) is 0.0857. The lowest BCUT2D eigenvalue weighted by Crippen LogP contribution is -2.15. The fourth-order valence-corrected chi connectivity index (χ4v) is 7.03. The molecule has 176 valence electrons. The highest BCUT2D eigenvalue weighted by Gasteiger charge is 2.35. The first-order valence-corrected chi connectivity index (χ1v) is 13.6. The van der Waals surface area contributed by atoms with Gasteiger partial charge in [-0.2, -0.15) is 0 Å². The van der Waals surface area contributed by atoms with Gasteiger partial charge in [0.15, 0.2) is 0 Å². The van der Waals surface area contributed by atoms with Gasteiger partial charge in [0.05, 0.1) is 11.0 Å². The van der Waals surface area contributed by atoms with Crippen molar-refractivity contribution in [3.63, 3.8) is 0 Å². The third kappa shape index (κ3) is 2.79. The summed E-state index contributed by atoms with van der Waals surface area (Å²) in [6.45, 7) is 4.70. The smallest absolute Gasteiger partial charge is 0.0547 e. The normalized spacial score (nSPS) is 14.0. The second kappa shape index (κ2) is 7.34. The van der Waals surface area contributed by atoms with Gasteiger partial charge in [-0.15, -0.1) is 0 Å². The maximum Gasteiger partial charge on any atom is 0.0547 e. The van der Waals surface area contributed by atoms with Gasteiger partial charge in [0, 0.05) is 26.3 Å². The fourth-order valence-electron chi connectivity index (χ4n) is 6.67. The molecule has 1 aliphatic rings. The second-order valence-corrected chi connectivity index (χ2v) is 11.7. The van der Waals surface area contributed by atoms with Crippen molar-refractivity contribution >= 4 is 48.5 Å². The van der Waals surface area contributed by atoms with Crippen LogP contribution in [0.15, 0.2) is 114 Å². The number of nitrogens with zero attached hydrogens (tertiary/aromatic N) is 1. The number of para-hydroxylation sites is 1. The number of hydrogen-bond acceptors (Lipinski definition) is 0. The van der Waals surface area contributed by atoms with Gasteiger partial charge in [0.2, 0.25) is 0 Å². The number of hydrogen-bond donors (Lipinski definition) is 0. The molecule has 0 saturated heterocycles. The van der Waals surface area contributed by atoms with Crippen molar-refractivity contribution in [1.29, 1.82) is 0 Å². The molecule has 1 heterocycles. The highest BCUT2D eigenvalue weighted by atomic mass is 79.9. The monoisotopic (exact) mass is 537 g/mol. The Morgan fingerprint density at radius 2 is 1.32 bits per heavy atom. The molecule has 0 radical (unpaired) electrons. The molecule has 1 aromatic heterocycles. The van der Waals surface area contributed by atoms with Crippen molar-refractivity contribution in [2.24, 2.45) is 0 Å². The van der Waals surface area contributed by atoms with Crippen molar-refractivity contribution < 1.29 is 0 Å². The molecule has 2 heteroatoms. The Morgan fingerprint density at radius 3 is 2.16 bits per heavy atom. The molecule has 0 aliphatic heterocycles. The Morgan fingerprint density at radius 1 is 0.595 bits per heavy atom. The van der Waals surface area contributed by atoms with E-state index >= 15 is 0 Å². The van der Waals surface area contributed by atoms with Crippen LogP contribution in [0.1, 0.15) is 25.0 Å². The van der Waals surface area contributed by atoms with Gasteiger partial charge in [-0.25, -0.2) is 0 Å². The van der Waals surface area contributed by atoms with Crippen LogP contribution in [0, 0.1) is 0 Å². The first-order chi connectivity index (χ1) is 18.0. The van der Waals surface area contributed by atoms with E-state index in [0.717, 1.165) is 4.47 Å². The summed E-state index contributed by atoms with van der Waals surface area (Å²) in [7, 11) is 0. The molecule has 1 nitrogen and oxygen atoms in total. The van der Waals surface area contributed by atoms with Crippen LogP contribution in [0.2, 0.25) is 0 Å². The first-order valence-electron chi connectivity index (χ1n) is 12.8. The number of benzene rings is 6. The van der Waals surface area contributed by atoms with E-state index in [-0.39, 0.29) is 5.41 Å². The molecule has 0 N–H and O–H groups in total. The Labute approximate surface area is 224 Å². The minimum absolute atomic E-state index is 0.0435. The predicted molar refractivity (Wildman–Crippen MR) is 160 cm³/mol. The van der Waals surface area contributed by atoms with Crippen LogP contribution < -0.4 is 0 Å². The lowest BCUT2D eigenvalue weighted by Gasteiger charge is -2.22. The standard InChI is InChI=1S/C35H24BrN/c1-35(2)29-19-22(12-14-26(29)27-16-13-23(36)20-30(27)35)25-17-18-32-34-28(25)15-11-21-7-6-10-31(33(21)34)37(32)24-8-4-3-5-9-24/h3-20H,1-2H3. The van der Waals surface area contributed by atoms with Gasteiger partial charge in [-0.05, 0) is 86.6 Å². The zero-order chi connectivity index (χ0) is 24.9. The Balaban J connectivity index is 1.40. The van der Waals surface area contributed by atoms with Gasteiger partial charge in [-0.1, -0.05) is 96.5 Å². The minimum Gasteiger partial charge on any atom is -0.309 e. The van der Waals surface area contributed by atoms with Gasteiger partial charge < -0.3 is 4.57 Å². The topological polar surface area (TPSA) is 4.93 Å². The summed E-state index contributed by atoms with van der Waals surface area (Å²) in [6, 6.07) is 40.4. The van der Waals surface area contributed by atoms with E-state index in [1.54, 1.807) is 0 Å². The SMILES string of the molecule is CC1(C)c2cc(Br)ccc2-c2ccc(-c3ccc4c5c3ccc3cccc(c35)n4-c3ccccc3)cc21. The predicted octanol–water partition coefficient (Wildman–Crippen LogP) is 10.1. The van der Waals surface area contributed by atoms with E-state index in [1.807, 2.05) is 0 Å². The molecule has 7 aromatic rings. The van der Waals surface area contributed by atoms with Crippen LogP contribution in [-0.2, 0) is 5.41 Å². The Bertz CT molecular complexity index is 2010. The summed E-state index contributed by atoms with van der Waals surface area (Å²) in [5.74, 6) is 0. The largest absolute Gasteiger partial charge is 0.309 e. The number of rotatable bonds is 2. The average Bonchev–Trinajstić information content (AvgIpc) is 3.38. The van der Waals surface area contributed by atoms with Crippen molar-refractivity contribution in [1.82, 2.24) is 4.57 Å². The van der Waals surface area contributed by atoms with Gasteiger partial charge in [0.1, 0.15) is 0 Å². The maximum absolute atomic E-state index is 3.69. The Hall–Kier alpha value is -3.88. The summed E-state index contributed by atoms with van der Waals surface area (Å²) in [5, 5.41) is 5.30. The average molecular weight is 538 g/mol. The number of aromatic nitrogens is 1. The molecule has 37 heavy (non-hydrogen) atoms. The third-order valence-corrected chi connectivity index (χ3v) is 8.92. The molecule has 0 bridgehead atoms. The Kier molecular flexibility index (Phi) is 4.21. The third-order valence-electron chi connectivity index (χ3n) is 8.42. The molecule has 0 saturated carbocycles. The first kappa shape index (κ1) is 21.2. The van der Waals surface area contributed by atoms with E-state index < -0.39 is 0 Å². The molecule has 0 atom stereocenters. The van der Waals surface area contributed by atoms with Crippen LogP contribution in [0.3, 0.4) is 0 Å².